The zero-order chi connectivity index (χ0) is 18.4. The molecule has 7 nitrogen and oxygen atoms in total. The Kier molecular flexibility index (Phi) is 5.73. The number of nitrogens with two attached hydrogens (primary N) is 1. The summed E-state index contributed by atoms with van der Waals surface area (Å²) in [6, 6.07) is 11.4. The van der Waals surface area contributed by atoms with Gasteiger partial charge < -0.3 is 21.1 Å². The van der Waals surface area contributed by atoms with Crippen molar-refractivity contribution in [3.63, 3.8) is 0 Å². The van der Waals surface area contributed by atoms with Crippen LogP contribution in [-0.2, 0) is 4.79 Å². The smallest absolute Gasteiger partial charge is 0.255 e. The van der Waals surface area contributed by atoms with Crippen LogP contribution in [0.15, 0.2) is 42.5 Å². The van der Waals surface area contributed by atoms with E-state index in [4.69, 9.17) is 10.5 Å². The molecule has 7 heteroatoms. The molecule has 0 fully saturated rings. The fraction of sp³-hybridized carbons (Fsp3) is 0.167. The highest BCUT2D eigenvalue weighted by atomic mass is 16.5. The van der Waals surface area contributed by atoms with Crippen LogP contribution >= 0.6 is 0 Å². The van der Waals surface area contributed by atoms with Gasteiger partial charge in [-0.3, -0.25) is 14.4 Å². The molecule has 0 radical (unpaired) electrons. The molecule has 130 valence electrons. The lowest BCUT2D eigenvalue weighted by atomic mass is 10.1. The minimum atomic E-state index is -0.600. The molecule has 2 aromatic rings. The number of hydrogen-bond acceptors (Lipinski definition) is 4. The van der Waals surface area contributed by atoms with Crippen LogP contribution < -0.4 is 21.1 Å². The molecular weight excluding hydrogens is 322 g/mol. The van der Waals surface area contributed by atoms with Crippen LogP contribution in [0.25, 0.3) is 0 Å². The second-order valence-corrected chi connectivity index (χ2v) is 5.35. The quantitative estimate of drug-likeness (QED) is 0.739. The van der Waals surface area contributed by atoms with Crippen LogP contribution in [0, 0.1) is 6.92 Å². The van der Waals surface area contributed by atoms with Crippen molar-refractivity contribution in [2.75, 3.05) is 19.0 Å². The molecule has 0 saturated heterocycles. The van der Waals surface area contributed by atoms with Gasteiger partial charge in [0.25, 0.3) is 17.7 Å². The van der Waals surface area contributed by atoms with Crippen molar-refractivity contribution in [3.05, 3.63) is 59.2 Å². The van der Waals surface area contributed by atoms with E-state index in [0.717, 1.165) is 5.56 Å². The molecule has 0 aliphatic carbocycles. The van der Waals surface area contributed by atoms with E-state index in [1.165, 1.54) is 13.1 Å². The lowest BCUT2D eigenvalue weighted by molar-refractivity contribution is -0.119. The Morgan fingerprint density at radius 1 is 1.04 bits per heavy atom. The summed E-state index contributed by atoms with van der Waals surface area (Å²) in [4.78, 5) is 34.9. The summed E-state index contributed by atoms with van der Waals surface area (Å²) in [7, 11) is 1.54. The zero-order valence-corrected chi connectivity index (χ0v) is 14.0. The molecule has 3 amide bonds. The van der Waals surface area contributed by atoms with Crippen molar-refractivity contribution in [3.8, 4) is 5.75 Å². The van der Waals surface area contributed by atoms with Crippen molar-refractivity contribution in [2.45, 2.75) is 6.92 Å². The first-order valence-electron chi connectivity index (χ1n) is 7.56. The second kappa shape index (κ2) is 7.96. The molecule has 0 bridgehead atoms. The number of rotatable bonds is 6. The predicted molar refractivity (Wildman–Crippen MR) is 93.7 cm³/mol. The van der Waals surface area contributed by atoms with E-state index in [0.29, 0.717) is 22.6 Å². The van der Waals surface area contributed by atoms with Gasteiger partial charge in [0.2, 0.25) is 0 Å². The lowest BCUT2D eigenvalue weighted by Crippen LogP contribution is -2.20. The third kappa shape index (κ3) is 4.81. The van der Waals surface area contributed by atoms with Gasteiger partial charge in [0.05, 0.1) is 0 Å². The molecule has 2 rings (SSSR count). The van der Waals surface area contributed by atoms with E-state index in [-0.39, 0.29) is 18.4 Å². The third-order valence-corrected chi connectivity index (χ3v) is 3.45. The molecule has 0 heterocycles. The van der Waals surface area contributed by atoms with Crippen molar-refractivity contribution in [1.29, 1.82) is 0 Å². The SMILES string of the molecule is CNC(=O)c1ccc(C)c(NC(=O)c2cccc(OCC(N)=O)c2)c1. The Morgan fingerprint density at radius 2 is 1.76 bits per heavy atom. The fourth-order valence-electron chi connectivity index (χ4n) is 2.12. The number of carbonyl (C=O) groups excluding carboxylic acids is 3. The lowest BCUT2D eigenvalue weighted by Gasteiger charge is -2.11. The molecule has 2 aromatic carbocycles. The van der Waals surface area contributed by atoms with Gasteiger partial charge >= 0.3 is 0 Å². The Bertz CT molecular complexity index is 818. The van der Waals surface area contributed by atoms with Gasteiger partial charge in [-0.2, -0.15) is 0 Å². The summed E-state index contributed by atoms with van der Waals surface area (Å²) < 4.78 is 5.19. The molecule has 0 aromatic heterocycles. The van der Waals surface area contributed by atoms with Gasteiger partial charge in [-0.1, -0.05) is 12.1 Å². The Morgan fingerprint density at radius 3 is 2.44 bits per heavy atom. The van der Waals surface area contributed by atoms with E-state index < -0.39 is 5.91 Å². The van der Waals surface area contributed by atoms with Gasteiger partial charge in [-0.05, 0) is 42.8 Å². The van der Waals surface area contributed by atoms with Crippen LogP contribution in [0.4, 0.5) is 5.69 Å². The van der Waals surface area contributed by atoms with E-state index in [1.807, 2.05) is 6.92 Å². The molecule has 0 saturated carbocycles. The number of benzene rings is 2. The molecule has 0 spiro atoms. The van der Waals surface area contributed by atoms with Crippen molar-refractivity contribution in [1.82, 2.24) is 5.32 Å². The Hall–Kier alpha value is -3.35. The summed E-state index contributed by atoms with van der Waals surface area (Å²) in [5.41, 5.74) is 7.19. The van der Waals surface area contributed by atoms with Crippen LogP contribution in [0.1, 0.15) is 26.3 Å². The van der Waals surface area contributed by atoms with Crippen LogP contribution in [0.2, 0.25) is 0 Å². The number of hydrogen-bond donors (Lipinski definition) is 3. The van der Waals surface area contributed by atoms with Gasteiger partial charge in [0.1, 0.15) is 5.75 Å². The predicted octanol–water partition coefficient (Wildman–Crippen LogP) is 1.47. The average Bonchev–Trinajstić information content (AvgIpc) is 2.61. The van der Waals surface area contributed by atoms with E-state index >= 15 is 0 Å². The van der Waals surface area contributed by atoms with Gasteiger partial charge in [-0.15, -0.1) is 0 Å². The highest BCUT2D eigenvalue weighted by Crippen LogP contribution is 2.19. The summed E-state index contributed by atoms with van der Waals surface area (Å²) in [5, 5.41) is 5.31. The summed E-state index contributed by atoms with van der Waals surface area (Å²) in [6.45, 7) is 1.56. The van der Waals surface area contributed by atoms with Crippen LogP contribution in [0.3, 0.4) is 0 Å². The molecule has 0 aliphatic heterocycles. The maximum atomic E-state index is 12.4. The zero-order valence-electron chi connectivity index (χ0n) is 14.0. The third-order valence-electron chi connectivity index (χ3n) is 3.45. The van der Waals surface area contributed by atoms with Crippen molar-refractivity contribution < 1.29 is 19.1 Å². The highest BCUT2D eigenvalue weighted by Gasteiger charge is 2.11. The summed E-state index contributed by atoms with van der Waals surface area (Å²) in [6.07, 6.45) is 0. The first-order chi connectivity index (χ1) is 11.9. The molecule has 4 N–H and O–H groups in total. The number of primary amides is 1. The molecule has 0 atom stereocenters. The normalized spacial score (nSPS) is 10.0. The first kappa shape index (κ1) is 18.0. The minimum Gasteiger partial charge on any atom is -0.484 e. The number of aryl methyl sites for hydroxylation is 1. The van der Waals surface area contributed by atoms with E-state index in [9.17, 15) is 14.4 Å². The second-order valence-electron chi connectivity index (χ2n) is 5.35. The van der Waals surface area contributed by atoms with Gasteiger partial charge in [0, 0.05) is 23.9 Å². The number of amides is 3. The van der Waals surface area contributed by atoms with Crippen LogP contribution in [-0.4, -0.2) is 31.4 Å². The molecule has 0 aliphatic rings. The number of anilines is 1. The summed E-state index contributed by atoms with van der Waals surface area (Å²) >= 11 is 0. The Labute approximate surface area is 145 Å². The Balaban J connectivity index is 2.18. The molecular formula is C18H19N3O4. The standard InChI is InChI=1S/C18H19N3O4/c1-11-6-7-13(17(23)20-2)9-15(11)21-18(24)12-4-3-5-14(8-12)25-10-16(19)22/h3-9H,10H2,1-2H3,(H2,19,22)(H,20,23)(H,21,24). The van der Waals surface area contributed by atoms with Crippen molar-refractivity contribution in [2.24, 2.45) is 5.73 Å². The largest absolute Gasteiger partial charge is 0.484 e. The summed E-state index contributed by atoms with van der Waals surface area (Å²) in [5.74, 6) is -0.835. The van der Waals surface area contributed by atoms with Crippen molar-refractivity contribution >= 4 is 23.4 Å². The van der Waals surface area contributed by atoms with E-state index in [1.54, 1.807) is 36.4 Å². The van der Waals surface area contributed by atoms with Gasteiger partial charge in [-0.25, -0.2) is 0 Å². The molecule has 0 unspecified atom stereocenters. The number of nitrogens with one attached hydrogen (secondary N) is 2. The highest BCUT2D eigenvalue weighted by molar-refractivity contribution is 6.05. The number of carbonyl (C=O) groups is 3. The van der Waals surface area contributed by atoms with Gasteiger partial charge in [0.15, 0.2) is 6.61 Å². The first-order valence-corrected chi connectivity index (χ1v) is 7.56. The minimum absolute atomic E-state index is 0.239. The maximum Gasteiger partial charge on any atom is 0.255 e. The topological polar surface area (TPSA) is 111 Å². The average molecular weight is 341 g/mol. The maximum absolute atomic E-state index is 12.4. The monoisotopic (exact) mass is 341 g/mol. The van der Waals surface area contributed by atoms with Crippen LogP contribution in [0.5, 0.6) is 5.75 Å². The fourth-order valence-corrected chi connectivity index (χ4v) is 2.12. The number of ether oxygens (including phenoxy) is 1. The molecule has 25 heavy (non-hydrogen) atoms. The van der Waals surface area contributed by atoms with E-state index in [2.05, 4.69) is 10.6 Å².